The van der Waals surface area contributed by atoms with Crippen molar-refractivity contribution < 1.29 is 24.2 Å². The maximum absolute atomic E-state index is 11.5. The lowest BCUT2D eigenvalue weighted by Gasteiger charge is -2.13. The molecule has 0 aliphatic heterocycles. The quantitative estimate of drug-likeness (QED) is 0.635. The second kappa shape index (κ2) is 8.20. The lowest BCUT2D eigenvalue weighted by Crippen LogP contribution is -2.45. The topological polar surface area (TPSA) is 118 Å². The molecule has 1 atom stereocenters. The van der Waals surface area contributed by atoms with E-state index in [-0.39, 0.29) is 18.8 Å². The van der Waals surface area contributed by atoms with Gasteiger partial charge in [0.05, 0.1) is 11.6 Å². The summed E-state index contributed by atoms with van der Waals surface area (Å²) in [5.41, 5.74) is -0.00427. The third kappa shape index (κ3) is 5.78. The smallest absolute Gasteiger partial charge is 0.355 e. The Hall–Kier alpha value is -2.16. The fraction of sp³-hybridized carbons (Fsp3) is 0.500. The van der Waals surface area contributed by atoms with Gasteiger partial charge in [-0.1, -0.05) is 0 Å². The molecule has 3 N–H and O–H groups in total. The van der Waals surface area contributed by atoms with Gasteiger partial charge < -0.3 is 20.5 Å². The SMILES string of the molecule is CCOC(=O)C(C)NC(=O)NCCc1nc(C(=O)O)cs1. The lowest BCUT2D eigenvalue weighted by molar-refractivity contribution is -0.144. The summed E-state index contributed by atoms with van der Waals surface area (Å²) in [5, 5.41) is 15.8. The van der Waals surface area contributed by atoms with Gasteiger partial charge in [-0.05, 0) is 13.8 Å². The minimum absolute atomic E-state index is 0.00427. The van der Waals surface area contributed by atoms with Crippen molar-refractivity contribution in [3.63, 3.8) is 0 Å². The van der Waals surface area contributed by atoms with Crippen LogP contribution in [-0.2, 0) is 16.0 Å². The highest BCUT2D eigenvalue weighted by Crippen LogP contribution is 2.09. The first kappa shape index (κ1) is 16.9. The van der Waals surface area contributed by atoms with E-state index in [2.05, 4.69) is 15.6 Å². The van der Waals surface area contributed by atoms with Crippen LogP contribution in [-0.4, -0.2) is 47.3 Å². The summed E-state index contributed by atoms with van der Waals surface area (Å²) >= 11 is 1.22. The molecule has 9 heteroatoms. The molecule has 2 amide bonds. The number of aromatic carboxylic acids is 1. The van der Waals surface area contributed by atoms with Crippen molar-refractivity contribution in [2.24, 2.45) is 0 Å². The van der Waals surface area contributed by atoms with Crippen LogP contribution in [0.1, 0.15) is 29.3 Å². The highest BCUT2D eigenvalue weighted by Gasteiger charge is 2.16. The van der Waals surface area contributed by atoms with Crippen molar-refractivity contribution >= 4 is 29.3 Å². The van der Waals surface area contributed by atoms with Gasteiger partial charge in [0.1, 0.15) is 6.04 Å². The number of carboxylic acids is 1. The summed E-state index contributed by atoms with van der Waals surface area (Å²) in [6.45, 7) is 3.75. The Balaban J connectivity index is 2.29. The molecule has 1 rings (SSSR count). The molecule has 0 bridgehead atoms. The van der Waals surface area contributed by atoms with Crippen LogP contribution in [0.15, 0.2) is 5.38 Å². The van der Waals surface area contributed by atoms with E-state index in [1.807, 2.05) is 0 Å². The van der Waals surface area contributed by atoms with E-state index in [0.717, 1.165) is 0 Å². The molecule has 0 aliphatic rings. The molecule has 0 fully saturated rings. The first-order valence-electron chi connectivity index (χ1n) is 6.32. The zero-order valence-electron chi connectivity index (χ0n) is 11.7. The fourth-order valence-electron chi connectivity index (χ4n) is 1.38. The van der Waals surface area contributed by atoms with Crippen molar-refractivity contribution in [3.8, 4) is 0 Å². The number of hydrogen-bond donors (Lipinski definition) is 3. The predicted octanol–water partition coefficient (Wildman–Crippen LogP) is 0.635. The minimum Gasteiger partial charge on any atom is -0.476 e. The number of amides is 2. The van der Waals surface area contributed by atoms with Gasteiger partial charge in [0.2, 0.25) is 0 Å². The van der Waals surface area contributed by atoms with Gasteiger partial charge in [-0.25, -0.2) is 19.4 Å². The van der Waals surface area contributed by atoms with Gasteiger partial charge in [-0.3, -0.25) is 0 Å². The molecule has 1 heterocycles. The van der Waals surface area contributed by atoms with Crippen LogP contribution in [0.4, 0.5) is 4.79 Å². The average molecular weight is 315 g/mol. The molecule has 0 saturated heterocycles. The Morgan fingerprint density at radius 1 is 1.48 bits per heavy atom. The van der Waals surface area contributed by atoms with Crippen LogP contribution in [0.5, 0.6) is 0 Å². The molecular weight excluding hydrogens is 298 g/mol. The number of esters is 1. The van der Waals surface area contributed by atoms with Crippen molar-refractivity contribution in [1.82, 2.24) is 15.6 Å². The number of hydrogen-bond acceptors (Lipinski definition) is 6. The number of rotatable bonds is 7. The second-order valence-electron chi connectivity index (χ2n) is 4.06. The Morgan fingerprint density at radius 2 is 2.19 bits per heavy atom. The molecular formula is C12H17N3O5S. The molecule has 1 aromatic rings. The summed E-state index contributed by atoms with van der Waals surface area (Å²) in [7, 11) is 0. The second-order valence-corrected chi connectivity index (χ2v) is 5.00. The third-order valence-electron chi connectivity index (χ3n) is 2.38. The van der Waals surface area contributed by atoms with E-state index in [0.29, 0.717) is 11.4 Å². The van der Waals surface area contributed by atoms with Crippen LogP contribution < -0.4 is 10.6 Å². The summed E-state index contributed by atoms with van der Waals surface area (Å²) < 4.78 is 4.76. The number of aromatic nitrogens is 1. The van der Waals surface area contributed by atoms with Gasteiger partial charge in [0, 0.05) is 18.3 Å². The van der Waals surface area contributed by atoms with E-state index in [4.69, 9.17) is 9.84 Å². The number of nitrogens with one attached hydrogen (secondary N) is 2. The standard InChI is InChI=1S/C12H17N3O5S/c1-3-20-11(18)7(2)14-12(19)13-5-4-9-15-8(6-21-9)10(16)17/h6-7H,3-5H2,1-2H3,(H,16,17)(H2,13,14,19). The first-order valence-corrected chi connectivity index (χ1v) is 7.20. The Labute approximate surface area is 125 Å². The first-order chi connectivity index (χ1) is 9.93. The van der Waals surface area contributed by atoms with E-state index in [1.165, 1.54) is 23.6 Å². The Bertz CT molecular complexity index is 517. The number of carbonyl (C=O) groups excluding carboxylic acids is 2. The predicted molar refractivity (Wildman–Crippen MR) is 75.4 cm³/mol. The van der Waals surface area contributed by atoms with Crippen LogP contribution in [0.2, 0.25) is 0 Å². The van der Waals surface area contributed by atoms with E-state index >= 15 is 0 Å². The van der Waals surface area contributed by atoms with E-state index in [9.17, 15) is 14.4 Å². The monoisotopic (exact) mass is 315 g/mol. The van der Waals surface area contributed by atoms with Gasteiger partial charge in [0.25, 0.3) is 0 Å². The van der Waals surface area contributed by atoms with Crippen molar-refractivity contribution in [2.45, 2.75) is 26.3 Å². The largest absolute Gasteiger partial charge is 0.476 e. The number of carbonyl (C=O) groups is 3. The number of nitrogens with zero attached hydrogens (tertiary/aromatic N) is 1. The molecule has 0 aliphatic carbocycles. The van der Waals surface area contributed by atoms with Crippen LogP contribution in [0.25, 0.3) is 0 Å². The highest BCUT2D eigenvalue weighted by atomic mass is 32.1. The molecule has 116 valence electrons. The molecule has 1 aromatic heterocycles. The number of urea groups is 1. The molecule has 0 saturated carbocycles. The minimum atomic E-state index is -1.08. The third-order valence-corrected chi connectivity index (χ3v) is 3.29. The molecule has 8 nitrogen and oxygen atoms in total. The summed E-state index contributed by atoms with van der Waals surface area (Å²) in [6.07, 6.45) is 0.416. The van der Waals surface area contributed by atoms with Crippen LogP contribution in [0.3, 0.4) is 0 Å². The average Bonchev–Trinajstić information content (AvgIpc) is 2.88. The van der Waals surface area contributed by atoms with E-state index in [1.54, 1.807) is 6.92 Å². The Kier molecular flexibility index (Phi) is 6.60. The van der Waals surface area contributed by atoms with Gasteiger partial charge in [-0.2, -0.15) is 0 Å². The van der Waals surface area contributed by atoms with Gasteiger partial charge in [-0.15, -0.1) is 11.3 Å². The lowest BCUT2D eigenvalue weighted by atomic mass is 10.3. The zero-order chi connectivity index (χ0) is 15.8. The van der Waals surface area contributed by atoms with Crippen molar-refractivity contribution in [3.05, 3.63) is 16.1 Å². The highest BCUT2D eigenvalue weighted by molar-refractivity contribution is 7.09. The maximum atomic E-state index is 11.5. The van der Waals surface area contributed by atoms with Crippen LogP contribution >= 0.6 is 11.3 Å². The van der Waals surface area contributed by atoms with Gasteiger partial charge in [0.15, 0.2) is 5.69 Å². The van der Waals surface area contributed by atoms with Gasteiger partial charge >= 0.3 is 18.0 Å². The van der Waals surface area contributed by atoms with Crippen molar-refractivity contribution in [1.29, 1.82) is 0 Å². The number of thiazole rings is 1. The van der Waals surface area contributed by atoms with Crippen molar-refractivity contribution in [2.75, 3.05) is 13.2 Å². The summed E-state index contributed by atoms with van der Waals surface area (Å²) in [5.74, 6) is -1.58. The summed E-state index contributed by atoms with van der Waals surface area (Å²) in [4.78, 5) is 37.4. The zero-order valence-corrected chi connectivity index (χ0v) is 12.5. The van der Waals surface area contributed by atoms with Crippen LogP contribution in [0, 0.1) is 0 Å². The molecule has 1 unspecified atom stereocenters. The molecule has 21 heavy (non-hydrogen) atoms. The summed E-state index contributed by atoms with van der Waals surface area (Å²) in [6, 6.07) is -1.23. The fourth-order valence-corrected chi connectivity index (χ4v) is 2.15. The molecule has 0 aromatic carbocycles. The maximum Gasteiger partial charge on any atom is 0.355 e. The molecule has 0 spiro atoms. The normalized spacial score (nSPS) is 11.5. The molecule has 0 radical (unpaired) electrons. The number of ether oxygens (including phenoxy) is 1. The van der Waals surface area contributed by atoms with E-state index < -0.39 is 24.0 Å². The number of carboxylic acid groups (broad SMARTS) is 1. The Morgan fingerprint density at radius 3 is 2.76 bits per heavy atom.